The Bertz CT molecular complexity index is 189. The van der Waals surface area contributed by atoms with Crippen molar-refractivity contribution in [3.8, 4) is 0 Å². The zero-order chi connectivity index (χ0) is 10.0. The second kappa shape index (κ2) is 4.09. The number of nitrogens with zero attached hydrogens (tertiary/aromatic N) is 1. The average molecular weight is 184 g/mol. The average Bonchev–Trinajstić information content (AvgIpc) is 2.96. The van der Waals surface area contributed by atoms with Crippen LogP contribution in [0, 0.1) is 11.8 Å². The van der Waals surface area contributed by atoms with Gasteiger partial charge in [0, 0.05) is 25.6 Å². The third kappa shape index (κ3) is 2.44. The molecule has 13 heavy (non-hydrogen) atoms. The Morgan fingerprint density at radius 1 is 1.54 bits per heavy atom. The maximum atomic E-state index is 11.7. The summed E-state index contributed by atoms with van der Waals surface area (Å²) >= 11 is 0. The molecular weight excluding hydrogens is 164 g/mol. The molecule has 3 heteroatoms. The minimum Gasteiger partial charge on any atom is -0.343 e. The van der Waals surface area contributed by atoms with Gasteiger partial charge in [0.1, 0.15) is 0 Å². The summed E-state index contributed by atoms with van der Waals surface area (Å²) in [6.45, 7) is 4.46. The molecule has 1 rings (SSSR count). The van der Waals surface area contributed by atoms with Gasteiger partial charge >= 0.3 is 0 Å². The summed E-state index contributed by atoms with van der Waals surface area (Å²) in [6, 6.07) is 0.390. The molecule has 0 aromatic rings. The summed E-state index contributed by atoms with van der Waals surface area (Å²) < 4.78 is 0. The van der Waals surface area contributed by atoms with Crippen LogP contribution in [0.3, 0.4) is 0 Å². The van der Waals surface area contributed by atoms with Crippen LogP contribution in [0.25, 0.3) is 0 Å². The van der Waals surface area contributed by atoms with E-state index >= 15 is 0 Å². The second-order valence-corrected chi connectivity index (χ2v) is 4.16. The first kappa shape index (κ1) is 10.5. The second-order valence-electron chi connectivity index (χ2n) is 4.16. The number of carbonyl (C=O) groups is 1. The van der Waals surface area contributed by atoms with Crippen molar-refractivity contribution in [3.63, 3.8) is 0 Å². The van der Waals surface area contributed by atoms with Crippen molar-refractivity contribution in [3.05, 3.63) is 0 Å². The monoisotopic (exact) mass is 184 g/mol. The van der Waals surface area contributed by atoms with E-state index in [0.717, 1.165) is 5.92 Å². The van der Waals surface area contributed by atoms with Crippen LogP contribution in [-0.2, 0) is 4.79 Å². The van der Waals surface area contributed by atoms with E-state index in [1.54, 1.807) is 0 Å². The van der Waals surface area contributed by atoms with Crippen molar-refractivity contribution in [2.45, 2.75) is 32.7 Å². The van der Waals surface area contributed by atoms with Gasteiger partial charge in [-0.05, 0) is 25.7 Å². The molecule has 1 saturated carbocycles. The number of hydrogen-bond donors (Lipinski definition) is 1. The fraction of sp³-hybridized carbons (Fsp3) is 0.900. The summed E-state index contributed by atoms with van der Waals surface area (Å²) in [5, 5.41) is 0. The van der Waals surface area contributed by atoms with Crippen molar-refractivity contribution in [1.82, 2.24) is 4.90 Å². The van der Waals surface area contributed by atoms with Gasteiger partial charge in [-0.2, -0.15) is 0 Å². The minimum atomic E-state index is -0.0359. The van der Waals surface area contributed by atoms with Crippen LogP contribution in [0.15, 0.2) is 0 Å². The Hall–Kier alpha value is -0.570. The Kier molecular flexibility index (Phi) is 3.31. The number of hydrogen-bond acceptors (Lipinski definition) is 2. The first-order chi connectivity index (χ1) is 6.07. The van der Waals surface area contributed by atoms with Gasteiger partial charge in [-0.3, -0.25) is 4.79 Å². The molecule has 2 unspecified atom stereocenters. The molecule has 2 N–H and O–H groups in total. The summed E-state index contributed by atoms with van der Waals surface area (Å²) in [5.74, 6) is 0.882. The van der Waals surface area contributed by atoms with E-state index in [1.807, 2.05) is 18.9 Å². The molecule has 2 atom stereocenters. The third-order valence-electron chi connectivity index (χ3n) is 3.04. The molecule has 1 aliphatic rings. The lowest BCUT2D eigenvalue weighted by molar-refractivity contribution is -0.135. The first-order valence-electron chi connectivity index (χ1n) is 5.04. The quantitative estimate of drug-likeness (QED) is 0.703. The minimum absolute atomic E-state index is 0.0359. The molecular formula is C10H20N2O. The van der Waals surface area contributed by atoms with E-state index in [0.29, 0.717) is 12.6 Å². The molecule has 1 fully saturated rings. The molecule has 0 aromatic carbocycles. The van der Waals surface area contributed by atoms with Crippen LogP contribution in [-0.4, -0.2) is 30.4 Å². The van der Waals surface area contributed by atoms with Crippen molar-refractivity contribution in [2.24, 2.45) is 17.6 Å². The van der Waals surface area contributed by atoms with Gasteiger partial charge in [-0.15, -0.1) is 0 Å². The van der Waals surface area contributed by atoms with E-state index in [2.05, 4.69) is 6.92 Å². The lowest BCUT2D eigenvalue weighted by atomic mass is 10.1. The van der Waals surface area contributed by atoms with Crippen molar-refractivity contribution in [2.75, 3.05) is 13.6 Å². The number of carbonyl (C=O) groups excluding carboxylic acids is 1. The normalized spacial score (nSPS) is 20.9. The standard InChI is InChI=1S/C10H20N2O/c1-7(6-11)10(13)12(3)8(2)9-4-5-9/h7-9H,4-6,11H2,1-3H3. The predicted molar refractivity (Wildman–Crippen MR) is 53.2 cm³/mol. The van der Waals surface area contributed by atoms with Gasteiger partial charge in [0.2, 0.25) is 5.91 Å². The molecule has 1 aliphatic carbocycles. The van der Waals surface area contributed by atoms with E-state index in [9.17, 15) is 4.79 Å². The molecule has 0 saturated heterocycles. The number of amides is 1. The first-order valence-corrected chi connectivity index (χ1v) is 5.04. The smallest absolute Gasteiger partial charge is 0.226 e. The Balaban J connectivity index is 2.44. The molecule has 3 nitrogen and oxygen atoms in total. The van der Waals surface area contributed by atoms with Gasteiger partial charge in [0.15, 0.2) is 0 Å². The van der Waals surface area contributed by atoms with Crippen molar-refractivity contribution < 1.29 is 4.79 Å². The van der Waals surface area contributed by atoms with E-state index in [4.69, 9.17) is 5.73 Å². The molecule has 0 aromatic heterocycles. The summed E-state index contributed by atoms with van der Waals surface area (Å²) in [7, 11) is 1.89. The highest BCUT2D eigenvalue weighted by atomic mass is 16.2. The van der Waals surface area contributed by atoms with Crippen LogP contribution in [0.1, 0.15) is 26.7 Å². The van der Waals surface area contributed by atoms with Crippen LogP contribution in [0.5, 0.6) is 0 Å². The van der Waals surface area contributed by atoms with Crippen LogP contribution in [0.4, 0.5) is 0 Å². The summed E-state index contributed by atoms with van der Waals surface area (Å²) in [5.41, 5.74) is 5.46. The topological polar surface area (TPSA) is 46.3 Å². The maximum absolute atomic E-state index is 11.7. The van der Waals surface area contributed by atoms with Gasteiger partial charge in [-0.25, -0.2) is 0 Å². The summed E-state index contributed by atoms with van der Waals surface area (Å²) in [6.07, 6.45) is 2.55. The van der Waals surface area contributed by atoms with Crippen LogP contribution < -0.4 is 5.73 Å². The van der Waals surface area contributed by atoms with Crippen molar-refractivity contribution >= 4 is 5.91 Å². The SMILES string of the molecule is CC(CN)C(=O)N(C)C(C)C1CC1. The predicted octanol–water partition coefficient (Wildman–Crippen LogP) is 0.838. The molecule has 0 aliphatic heterocycles. The Morgan fingerprint density at radius 3 is 2.46 bits per heavy atom. The molecule has 1 amide bonds. The van der Waals surface area contributed by atoms with Crippen LogP contribution in [0.2, 0.25) is 0 Å². The van der Waals surface area contributed by atoms with Gasteiger partial charge < -0.3 is 10.6 Å². The summed E-state index contributed by atoms with van der Waals surface area (Å²) in [4.78, 5) is 13.6. The molecule has 76 valence electrons. The van der Waals surface area contributed by atoms with Crippen LogP contribution >= 0.6 is 0 Å². The Morgan fingerprint density at radius 2 is 2.08 bits per heavy atom. The zero-order valence-electron chi connectivity index (χ0n) is 8.79. The fourth-order valence-corrected chi connectivity index (χ4v) is 1.54. The molecule has 0 spiro atoms. The van der Waals surface area contributed by atoms with E-state index in [-0.39, 0.29) is 11.8 Å². The van der Waals surface area contributed by atoms with E-state index < -0.39 is 0 Å². The largest absolute Gasteiger partial charge is 0.343 e. The molecule has 0 radical (unpaired) electrons. The lowest BCUT2D eigenvalue weighted by Gasteiger charge is -2.27. The fourth-order valence-electron chi connectivity index (χ4n) is 1.54. The van der Waals surface area contributed by atoms with Crippen molar-refractivity contribution in [1.29, 1.82) is 0 Å². The maximum Gasteiger partial charge on any atom is 0.226 e. The number of rotatable bonds is 4. The highest BCUT2D eigenvalue weighted by molar-refractivity contribution is 5.78. The Labute approximate surface area is 80.3 Å². The van der Waals surface area contributed by atoms with Gasteiger partial charge in [-0.1, -0.05) is 6.92 Å². The molecule has 0 bridgehead atoms. The highest BCUT2D eigenvalue weighted by Crippen LogP contribution is 2.34. The third-order valence-corrected chi connectivity index (χ3v) is 3.04. The lowest BCUT2D eigenvalue weighted by Crippen LogP contribution is -2.41. The van der Waals surface area contributed by atoms with Gasteiger partial charge in [0.25, 0.3) is 0 Å². The van der Waals surface area contributed by atoms with E-state index in [1.165, 1.54) is 12.8 Å². The van der Waals surface area contributed by atoms with Gasteiger partial charge in [0.05, 0.1) is 0 Å². The zero-order valence-corrected chi connectivity index (χ0v) is 8.79. The number of nitrogens with two attached hydrogens (primary N) is 1. The molecule has 0 heterocycles. The highest BCUT2D eigenvalue weighted by Gasteiger charge is 2.33.